The Balaban J connectivity index is 1.75. The maximum atomic E-state index is 12.6. The van der Waals surface area contributed by atoms with Crippen molar-refractivity contribution in [2.45, 2.75) is 39.2 Å². The number of nitrogens with zero attached hydrogens (tertiary/aromatic N) is 1. The van der Waals surface area contributed by atoms with Crippen LogP contribution in [-0.2, 0) is 22.9 Å². The van der Waals surface area contributed by atoms with Gasteiger partial charge in [-0.2, -0.15) is 0 Å². The third kappa shape index (κ3) is 4.16. The number of benzene rings is 2. The summed E-state index contributed by atoms with van der Waals surface area (Å²) in [6.07, 6.45) is 4.61. The SMILES string of the molecule is Cc1cc(C(=O)NC(C)c2ccc3c(c2)CCC3)ccc1N(C)S(C)(=O)=O. The molecule has 0 saturated carbocycles. The minimum Gasteiger partial charge on any atom is -0.346 e. The third-order valence-corrected chi connectivity index (χ3v) is 6.46. The van der Waals surface area contributed by atoms with Crippen LogP contribution in [0.2, 0.25) is 0 Å². The van der Waals surface area contributed by atoms with E-state index in [0.29, 0.717) is 11.3 Å². The summed E-state index contributed by atoms with van der Waals surface area (Å²) in [6, 6.07) is 11.4. The molecule has 1 amide bonds. The van der Waals surface area contributed by atoms with Gasteiger partial charge < -0.3 is 5.32 Å². The molecule has 2 aromatic carbocycles. The number of hydrogen-bond acceptors (Lipinski definition) is 3. The summed E-state index contributed by atoms with van der Waals surface area (Å²) in [5, 5.41) is 3.04. The van der Waals surface area contributed by atoms with Gasteiger partial charge in [-0.1, -0.05) is 18.2 Å². The fourth-order valence-electron chi connectivity index (χ4n) is 3.55. The molecule has 27 heavy (non-hydrogen) atoms. The van der Waals surface area contributed by atoms with Crippen LogP contribution in [0.4, 0.5) is 5.69 Å². The van der Waals surface area contributed by atoms with E-state index >= 15 is 0 Å². The number of rotatable bonds is 5. The van der Waals surface area contributed by atoms with Gasteiger partial charge in [0.2, 0.25) is 10.0 Å². The Kier molecular flexibility index (Phi) is 5.29. The van der Waals surface area contributed by atoms with E-state index in [2.05, 4.69) is 23.5 Å². The van der Waals surface area contributed by atoms with Gasteiger partial charge in [-0.05, 0) is 73.6 Å². The summed E-state index contributed by atoms with van der Waals surface area (Å²) in [4.78, 5) is 12.6. The number of hydrogen-bond donors (Lipinski definition) is 1. The normalized spacial score (nSPS) is 14.5. The van der Waals surface area contributed by atoms with Gasteiger partial charge in [-0.3, -0.25) is 9.10 Å². The maximum absolute atomic E-state index is 12.6. The molecular formula is C21H26N2O3S. The quantitative estimate of drug-likeness (QED) is 0.857. The molecule has 1 aliphatic rings. The average Bonchev–Trinajstić information content (AvgIpc) is 3.07. The van der Waals surface area contributed by atoms with E-state index in [0.717, 1.165) is 30.2 Å². The van der Waals surface area contributed by atoms with E-state index in [1.54, 1.807) is 25.1 Å². The topological polar surface area (TPSA) is 66.5 Å². The number of sulfonamides is 1. The highest BCUT2D eigenvalue weighted by Gasteiger charge is 2.18. The van der Waals surface area contributed by atoms with Crippen LogP contribution in [0.1, 0.15) is 52.0 Å². The van der Waals surface area contributed by atoms with Crippen LogP contribution < -0.4 is 9.62 Å². The van der Waals surface area contributed by atoms with Crippen LogP contribution >= 0.6 is 0 Å². The van der Waals surface area contributed by atoms with Crippen LogP contribution in [0, 0.1) is 6.92 Å². The molecule has 2 aromatic rings. The Labute approximate surface area is 161 Å². The van der Waals surface area contributed by atoms with Gasteiger partial charge >= 0.3 is 0 Å². The fraction of sp³-hybridized carbons (Fsp3) is 0.381. The zero-order chi connectivity index (χ0) is 19.8. The Morgan fingerprint density at radius 1 is 1.11 bits per heavy atom. The molecule has 0 saturated heterocycles. The Hall–Kier alpha value is -2.34. The first-order chi connectivity index (χ1) is 12.7. The van der Waals surface area contributed by atoms with Crippen molar-refractivity contribution in [1.82, 2.24) is 5.32 Å². The zero-order valence-electron chi connectivity index (χ0n) is 16.2. The van der Waals surface area contributed by atoms with E-state index in [1.807, 2.05) is 6.92 Å². The maximum Gasteiger partial charge on any atom is 0.251 e. The lowest BCUT2D eigenvalue weighted by Gasteiger charge is -2.20. The largest absolute Gasteiger partial charge is 0.346 e. The molecule has 0 radical (unpaired) electrons. The zero-order valence-corrected chi connectivity index (χ0v) is 17.1. The molecule has 0 spiro atoms. The number of carbonyl (C=O) groups is 1. The molecule has 0 fully saturated rings. The first-order valence-electron chi connectivity index (χ1n) is 9.14. The van der Waals surface area contributed by atoms with Crippen molar-refractivity contribution in [3.05, 3.63) is 64.2 Å². The summed E-state index contributed by atoms with van der Waals surface area (Å²) >= 11 is 0. The average molecular weight is 387 g/mol. The first-order valence-corrected chi connectivity index (χ1v) is 11.0. The minimum atomic E-state index is -3.34. The number of carbonyl (C=O) groups excluding carboxylic acids is 1. The predicted octanol–water partition coefficient (Wildman–Crippen LogP) is 3.37. The molecule has 0 aromatic heterocycles. The standard InChI is InChI=1S/C21H26N2O3S/c1-14-12-19(10-11-20(14)23(3)27(4,25)26)21(24)22-15(2)17-9-8-16-6-5-7-18(16)13-17/h8-13,15H,5-7H2,1-4H3,(H,22,24). The highest BCUT2D eigenvalue weighted by atomic mass is 32.2. The van der Waals surface area contributed by atoms with Crippen LogP contribution in [-0.4, -0.2) is 27.6 Å². The van der Waals surface area contributed by atoms with E-state index in [9.17, 15) is 13.2 Å². The second-order valence-electron chi connectivity index (χ2n) is 7.31. The van der Waals surface area contributed by atoms with Crippen molar-refractivity contribution in [2.75, 3.05) is 17.6 Å². The van der Waals surface area contributed by atoms with Crippen molar-refractivity contribution in [3.8, 4) is 0 Å². The van der Waals surface area contributed by atoms with Gasteiger partial charge in [-0.25, -0.2) is 8.42 Å². The minimum absolute atomic E-state index is 0.0953. The molecule has 1 aliphatic carbocycles. The Bertz CT molecular complexity index is 983. The predicted molar refractivity (Wildman–Crippen MR) is 109 cm³/mol. The molecule has 0 heterocycles. The molecule has 144 valence electrons. The van der Waals surface area contributed by atoms with Crippen LogP contribution in [0.15, 0.2) is 36.4 Å². The molecule has 5 nitrogen and oxygen atoms in total. The Morgan fingerprint density at radius 2 is 1.81 bits per heavy atom. The Morgan fingerprint density at radius 3 is 2.48 bits per heavy atom. The molecule has 1 N–H and O–H groups in total. The summed E-state index contributed by atoms with van der Waals surface area (Å²) in [7, 11) is -1.83. The molecule has 1 atom stereocenters. The van der Waals surface area contributed by atoms with Crippen molar-refractivity contribution in [1.29, 1.82) is 0 Å². The molecule has 0 bridgehead atoms. The third-order valence-electron chi connectivity index (χ3n) is 5.27. The van der Waals surface area contributed by atoms with Crippen molar-refractivity contribution < 1.29 is 13.2 Å². The second-order valence-corrected chi connectivity index (χ2v) is 9.32. The van der Waals surface area contributed by atoms with Crippen molar-refractivity contribution >= 4 is 21.6 Å². The number of nitrogens with one attached hydrogen (secondary N) is 1. The number of aryl methyl sites for hydroxylation is 3. The second kappa shape index (κ2) is 7.35. The summed E-state index contributed by atoms with van der Waals surface area (Å²) < 4.78 is 24.7. The fourth-order valence-corrected chi connectivity index (χ4v) is 4.12. The van der Waals surface area contributed by atoms with Gasteiger partial charge in [0.15, 0.2) is 0 Å². The molecular weight excluding hydrogens is 360 g/mol. The highest BCUT2D eigenvalue weighted by molar-refractivity contribution is 7.92. The monoisotopic (exact) mass is 386 g/mol. The lowest BCUT2D eigenvalue weighted by molar-refractivity contribution is 0.0940. The smallest absolute Gasteiger partial charge is 0.251 e. The van der Waals surface area contributed by atoms with Crippen molar-refractivity contribution in [3.63, 3.8) is 0 Å². The summed E-state index contributed by atoms with van der Waals surface area (Å²) in [5.41, 5.74) is 5.73. The van der Waals surface area contributed by atoms with E-state index < -0.39 is 10.0 Å². The van der Waals surface area contributed by atoms with Crippen LogP contribution in [0.5, 0.6) is 0 Å². The lowest BCUT2D eigenvalue weighted by Crippen LogP contribution is -2.28. The molecule has 0 aliphatic heterocycles. The van der Waals surface area contributed by atoms with Gasteiger partial charge in [0, 0.05) is 12.6 Å². The van der Waals surface area contributed by atoms with E-state index in [4.69, 9.17) is 0 Å². The number of anilines is 1. The molecule has 3 rings (SSSR count). The number of amides is 1. The first kappa shape index (κ1) is 19.4. The number of fused-ring (bicyclic) bond motifs is 1. The van der Waals surface area contributed by atoms with E-state index in [1.165, 1.54) is 28.9 Å². The summed E-state index contributed by atoms with van der Waals surface area (Å²) in [6.45, 7) is 3.78. The van der Waals surface area contributed by atoms with Crippen LogP contribution in [0.3, 0.4) is 0 Å². The molecule has 6 heteroatoms. The lowest BCUT2D eigenvalue weighted by atomic mass is 10.0. The summed E-state index contributed by atoms with van der Waals surface area (Å²) in [5.74, 6) is -0.167. The molecule has 1 unspecified atom stereocenters. The van der Waals surface area contributed by atoms with Gasteiger partial charge in [0.25, 0.3) is 5.91 Å². The van der Waals surface area contributed by atoms with Gasteiger partial charge in [0.1, 0.15) is 0 Å². The van der Waals surface area contributed by atoms with Gasteiger partial charge in [0.05, 0.1) is 18.0 Å². The van der Waals surface area contributed by atoms with Crippen molar-refractivity contribution in [2.24, 2.45) is 0 Å². The van der Waals surface area contributed by atoms with Crippen LogP contribution in [0.25, 0.3) is 0 Å². The highest BCUT2D eigenvalue weighted by Crippen LogP contribution is 2.26. The van der Waals surface area contributed by atoms with E-state index in [-0.39, 0.29) is 11.9 Å². The van der Waals surface area contributed by atoms with Gasteiger partial charge in [-0.15, -0.1) is 0 Å².